The summed E-state index contributed by atoms with van der Waals surface area (Å²) in [5, 5.41) is 10.9. The van der Waals surface area contributed by atoms with Gasteiger partial charge in [-0.15, -0.1) is 6.58 Å². The Morgan fingerprint density at radius 1 is 1.56 bits per heavy atom. The molecule has 4 nitrogen and oxygen atoms in total. The van der Waals surface area contributed by atoms with Gasteiger partial charge in [0.1, 0.15) is 0 Å². The summed E-state index contributed by atoms with van der Waals surface area (Å²) in [6.07, 6.45) is 2.29. The van der Waals surface area contributed by atoms with Crippen LogP contribution in [-0.4, -0.2) is 11.5 Å². The summed E-state index contributed by atoms with van der Waals surface area (Å²) in [6.45, 7) is 7.78. The second-order valence-electron chi connectivity index (χ2n) is 3.39. The summed E-state index contributed by atoms with van der Waals surface area (Å²) >= 11 is 0. The van der Waals surface area contributed by atoms with E-state index in [-0.39, 0.29) is 5.69 Å². The van der Waals surface area contributed by atoms with E-state index in [1.807, 2.05) is 13.8 Å². The van der Waals surface area contributed by atoms with Gasteiger partial charge in [-0.1, -0.05) is 12.1 Å². The first-order valence-electron chi connectivity index (χ1n) is 5.12. The molecule has 0 aromatic heterocycles. The van der Waals surface area contributed by atoms with E-state index >= 15 is 0 Å². The van der Waals surface area contributed by atoms with Gasteiger partial charge in [0.25, 0.3) is 0 Å². The van der Waals surface area contributed by atoms with Crippen molar-refractivity contribution in [2.75, 3.05) is 6.61 Å². The molecule has 0 aliphatic heterocycles. The molecule has 0 heterocycles. The molecule has 0 N–H and O–H groups in total. The molecule has 0 radical (unpaired) electrons. The predicted molar refractivity (Wildman–Crippen MR) is 62.9 cm³/mol. The SMILES string of the molecule is C=CCc1c(C)ccc([N+](=O)[O-])c1OCC. The van der Waals surface area contributed by atoms with Crippen LogP contribution in [0.15, 0.2) is 24.8 Å². The van der Waals surface area contributed by atoms with Crippen molar-refractivity contribution in [3.63, 3.8) is 0 Å². The number of rotatable bonds is 5. The monoisotopic (exact) mass is 221 g/mol. The van der Waals surface area contributed by atoms with Gasteiger partial charge < -0.3 is 4.74 Å². The molecule has 1 rings (SSSR count). The molecule has 0 aliphatic carbocycles. The smallest absolute Gasteiger partial charge is 0.311 e. The molecule has 16 heavy (non-hydrogen) atoms. The van der Waals surface area contributed by atoms with Crippen LogP contribution in [0.2, 0.25) is 0 Å². The number of nitro groups is 1. The summed E-state index contributed by atoms with van der Waals surface area (Å²) in [6, 6.07) is 3.21. The van der Waals surface area contributed by atoms with Gasteiger partial charge in [0.05, 0.1) is 11.5 Å². The van der Waals surface area contributed by atoms with Gasteiger partial charge in [-0.25, -0.2) is 0 Å². The van der Waals surface area contributed by atoms with Crippen LogP contribution in [0.5, 0.6) is 5.75 Å². The molecule has 0 amide bonds. The molecule has 0 aliphatic rings. The molecular weight excluding hydrogens is 206 g/mol. The third kappa shape index (κ3) is 2.39. The Labute approximate surface area is 94.7 Å². The number of hydrogen-bond donors (Lipinski definition) is 0. The minimum atomic E-state index is -0.420. The van der Waals surface area contributed by atoms with E-state index in [0.29, 0.717) is 18.8 Å². The third-order valence-corrected chi connectivity index (χ3v) is 2.31. The lowest BCUT2D eigenvalue weighted by Gasteiger charge is -2.11. The van der Waals surface area contributed by atoms with Gasteiger partial charge in [-0.2, -0.15) is 0 Å². The second kappa shape index (κ2) is 5.30. The summed E-state index contributed by atoms with van der Waals surface area (Å²) < 4.78 is 5.37. The average molecular weight is 221 g/mol. The highest BCUT2D eigenvalue weighted by Crippen LogP contribution is 2.33. The van der Waals surface area contributed by atoms with Crippen LogP contribution in [0, 0.1) is 17.0 Å². The van der Waals surface area contributed by atoms with Crippen LogP contribution >= 0.6 is 0 Å². The first-order chi connectivity index (χ1) is 7.61. The molecule has 0 spiro atoms. The lowest BCUT2D eigenvalue weighted by Crippen LogP contribution is -2.02. The van der Waals surface area contributed by atoms with E-state index in [0.717, 1.165) is 11.1 Å². The van der Waals surface area contributed by atoms with E-state index in [4.69, 9.17) is 4.74 Å². The predicted octanol–water partition coefficient (Wildman–Crippen LogP) is 3.03. The van der Waals surface area contributed by atoms with Crippen molar-refractivity contribution in [3.8, 4) is 5.75 Å². The van der Waals surface area contributed by atoms with Crippen molar-refractivity contribution in [1.82, 2.24) is 0 Å². The fourth-order valence-corrected chi connectivity index (χ4v) is 1.56. The lowest BCUT2D eigenvalue weighted by atomic mass is 10.0. The summed E-state index contributed by atoms with van der Waals surface area (Å²) in [5.41, 5.74) is 1.84. The van der Waals surface area contributed by atoms with Crippen molar-refractivity contribution >= 4 is 5.69 Å². The maximum atomic E-state index is 10.9. The Kier molecular flexibility index (Phi) is 4.05. The minimum Gasteiger partial charge on any atom is -0.487 e. The number of ether oxygens (including phenoxy) is 1. The van der Waals surface area contributed by atoms with E-state index in [1.54, 1.807) is 12.1 Å². The molecule has 0 saturated heterocycles. The molecule has 0 saturated carbocycles. The third-order valence-electron chi connectivity index (χ3n) is 2.31. The largest absolute Gasteiger partial charge is 0.487 e. The van der Waals surface area contributed by atoms with Gasteiger partial charge >= 0.3 is 5.69 Å². The summed E-state index contributed by atoms with van der Waals surface area (Å²) in [5.74, 6) is 0.368. The number of benzene rings is 1. The second-order valence-corrected chi connectivity index (χ2v) is 3.39. The van der Waals surface area contributed by atoms with Crippen LogP contribution in [0.1, 0.15) is 18.1 Å². The van der Waals surface area contributed by atoms with Crippen molar-refractivity contribution < 1.29 is 9.66 Å². The van der Waals surface area contributed by atoms with E-state index in [1.165, 1.54) is 6.07 Å². The van der Waals surface area contributed by atoms with Crippen LogP contribution in [0.4, 0.5) is 5.69 Å². The van der Waals surface area contributed by atoms with Crippen LogP contribution < -0.4 is 4.74 Å². The maximum absolute atomic E-state index is 10.9. The summed E-state index contributed by atoms with van der Waals surface area (Å²) in [4.78, 5) is 10.4. The zero-order valence-corrected chi connectivity index (χ0v) is 9.53. The number of nitro benzene ring substituents is 1. The minimum absolute atomic E-state index is 0.0179. The Bertz CT molecular complexity index is 413. The number of nitrogens with zero attached hydrogens (tertiary/aromatic N) is 1. The zero-order chi connectivity index (χ0) is 12.1. The standard InChI is InChI=1S/C12H15NO3/c1-4-6-10-9(3)7-8-11(13(14)15)12(10)16-5-2/h4,7-8H,1,5-6H2,2-3H3. The van der Waals surface area contributed by atoms with Gasteiger partial charge in [0.15, 0.2) is 0 Å². The molecule has 1 aromatic rings. The Balaban J connectivity index is 3.36. The Morgan fingerprint density at radius 3 is 2.75 bits per heavy atom. The Morgan fingerprint density at radius 2 is 2.25 bits per heavy atom. The highest BCUT2D eigenvalue weighted by molar-refractivity contribution is 5.55. The number of hydrogen-bond acceptors (Lipinski definition) is 3. The molecule has 86 valence electrons. The summed E-state index contributed by atoms with van der Waals surface area (Å²) in [7, 11) is 0. The van der Waals surface area contributed by atoms with Crippen LogP contribution in [0.3, 0.4) is 0 Å². The maximum Gasteiger partial charge on any atom is 0.311 e. The van der Waals surface area contributed by atoms with E-state index in [2.05, 4.69) is 6.58 Å². The molecule has 0 unspecified atom stereocenters. The average Bonchev–Trinajstić information content (AvgIpc) is 2.23. The highest BCUT2D eigenvalue weighted by Gasteiger charge is 2.19. The normalized spacial score (nSPS) is 9.88. The lowest BCUT2D eigenvalue weighted by molar-refractivity contribution is -0.385. The van der Waals surface area contributed by atoms with Crippen molar-refractivity contribution in [2.24, 2.45) is 0 Å². The molecule has 1 aromatic carbocycles. The topological polar surface area (TPSA) is 52.4 Å². The molecular formula is C12H15NO3. The van der Waals surface area contributed by atoms with E-state index < -0.39 is 4.92 Å². The van der Waals surface area contributed by atoms with Crippen molar-refractivity contribution in [2.45, 2.75) is 20.3 Å². The van der Waals surface area contributed by atoms with E-state index in [9.17, 15) is 10.1 Å². The molecule has 0 bridgehead atoms. The van der Waals surface area contributed by atoms with Crippen molar-refractivity contribution in [3.05, 3.63) is 46.0 Å². The van der Waals surface area contributed by atoms with Gasteiger partial charge in [-0.3, -0.25) is 10.1 Å². The van der Waals surface area contributed by atoms with Crippen molar-refractivity contribution in [1.29, 1.82) is 0 Å². The fraction of sp³-hybridized carbons (Fsp3) is 0.333. The Hall–Kier alpha value is -1.84. The zero-order valence-electron chi connectivity index (χ0n) is 9.53. The first-order valence-corrected chi connectivity index (χ1v) is 5.12. The number of allylic oxidation sites excluding steroid dienone is 1. The van der Waals surface area contributed by atoms with Crippen LogP contribution in [-0.2, 0) is 6.42 Å². The fourth-order valence-electron chi connectivity index (χ4n) is 1.56. The van der Waals surface area contributed by atoms with Gasteiger partial charge in [0, 0.05) is 11.6 Å². The van der Waals surface area contributed by atoms with Gasteiger partial charge in [-0.05, 0) is 25.8 Å². The highest BCUT2D eigenvalue weighted by atomic mass is 16.6. The first kappa shape index (κ1) is 12.2. The van der Waals surface area contributed by atoms with Crippen LogP contribution in [0.25, 0.3) is 0 Å². The quantitative estimate of drug-likeness (QED) is 0.436. The number of aryl methyl sites for hydroxylation is 1. The van der Waals surface area contributed by atoms with Gasteiger partial charge in [0.2, 0.25) is 5.75 Å². The molecule has 0 atom stereocenters. The molecule has 0 fully saturated rings. The molecule has 4 heteroatoms.